The Kier molecular flexibility index (Phi) is 3.12. The second kappa shape index (κ2) is 4.81. The van der Waals surface area contributed by atoms with E-state index in [9.17, 15) is 9.59 Å². The third-order valence-corrected chi connectivity index (χ3v) is 4.28. The summed E-state index contributed by atoms with van der Waals surface area (Å²) in [6, 6.07) is 7.34. The molecule has 5 heteroatoms. The fourth-order valence-electron chi connectivity index (χ4n) is 3.09. The highest BCUT2D eigenvalue weighted by molar-refractivity contribution is 5.84. The largest absolute Gasteiger partial charge is 0.481 e. The molecule has 1 aromatic rings. The van der Waals surface area contributed by atoms with Gasteiger partial charge in [0.25, 0.3) is 5.91 Å². The van der Waals surface area contributed by atoms with Gasteiger partial charge in [0.1, 0.15) is 5.75 Å². The minimum Gasteiger partial charge on any atom is -0.481 e. The van der Waals surface area contributed by atoms with E-state index in [-0.39, 0.29) is 11.9 Å². The third kappa shape index (κ3) is 2.03. The zero-order valence-corrected chi connectivity index (χ0v) is 11.3. The third-order valence-electron chi connectivity index (χ3n) is 4.28. The lowest BCUT2D eigenvalue weighted by Crippen LogP contribution is -2.44. The van der Waals surface area contributed by atoms with Crippen LogP contribution in [0, 0.1) is 5.92 Å². The van der Waals surface area contributed by atoms with Crippen molar-refractivity contribution in [2.24, 2.45) is 5.92 Å². The van der Waals surface area contributed by atoms with Crippen LogP contribution in [0.1, 0.15) is 18.9 Å². The summed E-state index contributed by atoms with van der Waals surface area (Å²) in [6.45, 7) is 2.29. The number of benzene rings is 1. The van der Waals surface area contributed by atoms with Gasteiger partial charge in [0.2, 0.25) is 0 Å². The Labute approximate surface area is 117 Å². The molecular weight excluding hydrogens is 258 g/mol. The Morgan fingerprint density at radius 2 is 2.10 bits per heavy atom. The number of ether oxygens (including phenoxy) is 1. The first kappa shape index (κ1) is 13.0. The average molecular weight is 275 g/mol. The van der Waals surface area contributed by atoms with E-state index < -0.39 is 18.0 Å². The molecule has 1 fully saturated rings. The van der Waals surface area contributed by atoms with E-state index in [1.807, 2.05) is 24.3 Å². The number of para-hydroxylation sites is 1. The van der Waals surface area contributed by atoms with Crippen LogP contribution in [0.4, 0.5) is 0 Å². The van der Waals surface area contributed by atoms with Crippen molar-refractivity contribution in [3.63, 3.8) is 0 Å². The van der Waals surface area contributed by atoms with E-state index >= 15 is 0 Å². The molecule has 0 spiro atoms. The first-order chi connectivity index (χ1) is 9.58. The molecule has 1 amide bonds. The maximum absolute atomic E-state index is 12.5. The molecule has 0 saturated carbocycles. The van der Waals surface area contributed by atoms with Crippen LogP contribution < -0.4 is 4.74 Å². The molecule has 3 rings (SSSR count). The Morgan fingerprint density at radius 3 is 2.75 bits per heavy atom. The maximum Gasteiger partial charge on any atom is 0.308 e. The van der Waals surface area contributed by atoms with Crippen molar-refractivity contribution in [3.05, 3.63) is 29.8 Å². The molecule has 1 N–H and O–H groups in total. The lowest BCUT2D eigenvalue weighted by atomic mass is 10.0. The van der Waals surface area contributed by atoms with E-state index in [1.165, 1.54) is 0 Å². The van der Waals surface area contributed by atoms with Crippen LogP contribution in [0.15, 0.2) is 24.3 Å². The number of hydrogen-bond acceptors (Lipinski definition) is 3. The maximum atomic E-state index is 12.5. The summed E-state index contributed by atoms with van der Waals surface area (Å²) in [4.78, 5) is 25.3. The summed E-state index contributed by atoms with van der Waals surface area (Å²) < 4.78 is 5.69. The van der Waals surface area contributed by atoms with Crippen molar-refractivity contribution < 1.29 is 19.4 Å². The molecule has 3 atom stereocenters. The van der Waals surface area contributed by atoms with E-state index in [0.717, 1.165) is 11.3 Å². The van der Waals surface area contributed by atoms with Gasteiger partial charge in [-0.25, -0.2) is 0 Å². The van der Waals surface area contributed by atoms with Crippen molar-refractivity contribution in [1.82, 2.24) is 4.90 Å². The number of aliphatic carboxylic acids is 1. The van der Waals surface area contributed by atoms with Crippen LogP contribution in [-0.4, -0.2) is 40.6 Å². The molecule has 2 heterocycles. The zero-order valence-electron chi connectivity index (χ0n) is 11.3. The van der Waals surface area contributed by atoms with E-state index in [4.69, 9.17) is 9.84 Å². The number of hydrogen-bond donors (Lipinski definition) is 1. The van der Waals surface area contributed by atoms with Crippen molar-refractivity contribution in [1.29, 1.82) is 0 Å². The fraction of sp³-hybridized carbons (Fsp3) is 0.467. The number of carboxylic acid groups (broad SMARTS) is 1. The monoisotopic (exact) mass is 275 g/mol. The second-order valence-electron chi connectivity index (χ2n) is 5.42. The first-order valence-electron chi connectivity index (χ1n) is 6.86. The molecule has 0 bridgehead atoms. The van der Waals surface area contributed by atoms with Crippen molar-refractivity contribution in [2.45, 2.75) is 31.9 Å². The van der Waals surface area contributed by atoms with E-state index in [1.54, 1.807) is 11.8 Å². The number of amides is 1. The highest BCUT2D eigenvalue weighted by Gasteiger charge is 2.42. The summed E-state index contributed by atoms with van der Waals surface area (Å²) in [5.41, 5.74) is 1.03. The SMILES string of the molecule is CC1C(C(=O)O)CCN1C(=O)C1Cc2ccccc2O1. The smallest absolute Gasteiger partial charge is 0.308 e. The normalized spacial score (nSPS) is 28.1. The van der Waals surface area contributed by atoms with Crippen molar-refractivity contribution in [2.75, 3.05) is 6.54 Å². The predicted molar refractivity (Wildman–Crippen MR) is 71.5 cm³/mol. The molecule has 2 aliphatic rings. The Hall–Kier alpha value is -2.04. The van der Waals surface area contributed by atoms with Crippen LogP contribution in [0.2, 0.25) is 0 Å². The summed E-state index contributed by atoms with van der Waals surface area (Å²) in [6.07, 6.45) is 0.570. The molecule has 5 nitrogen and oxygen atoms in total. The second-order valence-corrected chi connectivity index (χ2v) is 5.42. The Morgan fingerprint density at radius 1 is 1.35 bits per heavy atom. The molecular formula is C15H17NO4. The van der Waals surface area contributed by atoms with Gasteiger partial charge in [-0.05, 0) is 25.0 Å². The Balaban J connectivity index is 1.71. The van der Waals surface area contributed by atoms with Gasteiger partial charge in [-0.3, -0.25) is 9.59 Å². The molecule has 0 aromatic heterocycles. The molecule has 106 valence electrons. The van der Waals surface area contributed by atoms with Gasteiger partial charge in [-0.2, -0.15) is 0 Å². The van der Waals surface area contributed by atoms with Crippen molar-refractivity contribution in [3.8, 4) is 5.75 Å². The van der Waals surface area contributed by atoms with Crippen LogP contribution >= 0.6 is 0 Å². The average Bonchev–Trinajstić information content (AvgIpc) is 3.01. The molecule has 3 unspecified atom stereocenters. The predicted octanol–water partition coefficient (Wildman–Crippen LogP) is 1.31. The number of likely N-dealkylation sites (tertiary alicyclic amines) is 1. The zero-order chi connectivity index (χ0) is 14.3. The van der Waals surface area contributed by atoms with E-state index in [2.05, 4.69) is 0 Å². The minimum atomic E-state index is -0.830. The quantitative estimate of drug-likeness (QED) is 0.883. The van der Waals surface area contributed by atoms with Crippen LogP contribution in [-0.2, 0) is 16.0 Å². The van der Waals surface area contributed by atoms with Gasteiger partial charge in [-0.1, -0.05) is 18.2 Å². The number of rotatable bonds is 2. The molecule has 2 aliphatic heterocycles. The molecule has 0 aliphatic carbocycles. The molecule has 20 heavy (non-hydrogen) atoms. The van der Waals surface area contributed by atoms with Gasteiger partial charge in [0.05, 0.1) is 5.92 Å². The molecule has 0 radical (unpaired) electrons. The van der Waals surface area contributed by atoms with Crippen molar-refractivity contribution >= 4 is 11.9 Å². The number of nitrogens with zero attached hydrogens (tertiary/aromatic N) is 1. The summed E-state index contributed by atoms with van der Waals surface area (Å²) in [7, 11) is 0. The van der Waals surface area contributed by atoms with Gasteiger partial charge in [0.15, 0.2) is 6.10 Å². The highest BCUT2D eigenvalue weighted by atomic mass is 16.5. The highest BCUT2D eigenvalue weighted by Crippen LogP contribution is 2.31. The minimum absolute atomic E-state index is 0.0996. The Bertz CT molecular complexity index is 532. The van der Waals surface area contributed by atoms with Crippen LogP contribution in [0.25, 0.3) is 0 Å². The van der Waals surface area contributed by atoms with Gasteiger partial charge in [0, 0.05) is 19.0 Å². The summed E-state index contributed by atoms with van der Waals surface area (Å²) in [5.74, 6) is -0.643. The molecule has 1 aromatic carbocycles. The first-order valence-corrected chi connectivity index (χ1v) is 6.86. The number of carbonyl (C=O) groups excluding carboxylic acids is 1. The number of carbonyl (C=O) groups is 2. The number of carboxylic acids is 1. The van der Waals surface area contributed by atoms with Crippen LogP contribution in [0.3, 0.4) is 0 Å². The van der Waals surface area contributed by atoms with Gasteiger partial charge >= 0.3 is 5.97 Å². The van der Waals surface area contributed by atoms with Gasteiger partial charge in [-0.15, -0.1) is 0 Å². The lowest BCUT2D eigenvalue weighted by Gasteiger charge is -2.25. The van der Waals surface area contributed by atoms with E-state index in [0.29, 0.717) is 19.4 Å². The number of fused-ring (bicyclic) bond motifs is 1. The van der Waals surface area contributed by atoms with Crippen LogP contribution in [0.5, 0.6) is 5.75 Å². The lowest BCUT2D eigenvalue weighted by molar-refractivity contribution is -0.144. The standard InChI is InChI=1S/C15H17NO4/c1-9-11(15(18)19)6-7-16(9)14(17)13-8-10-4-2-3-5-12(10)20-13/h2-5,9,11,13H,6-8H2,1H3,(H,18,19). The van der Waals surface area contributed by atoms with Gasteiger partial charge < -0.3 is 14.7 Å². The summed E-state index contributed by atoms with van der Waals surface area (Å²) in [5, 5.41) is 9.12. The molecule has 1 saturated heterocycles. The fourth-order valence-corrected chi connectivity index (χ4v) is 3.09. The summed E-state index contributed by atoms with van der Waals surface area (Å²) >= 11 is 0. The topological polar surface area (TPSA) is 66.8 Å².